The van der Waals surface area contributed by atoms with E-state index in [1.54, 1.807) is 40.8 Å². The van der Waals surface area contributed by atoms with Gasteiger partial charge in [0.05, 0.1) is 37.9 Å². The zero-order chi connectivity index (χ0) is 25.8. The van der Waals surface area contributed by atoms with Gasteiger partial charge in [0.25, 0.3) is 5.91 Å². The van der Waals surface area contributed by atoms with Crippen LogP contribution in [0, 0.1) is 0 Å². The molecular formula is C25H36N6O4S. The van der Waals surface area contributed by atoms with Crippen LogP contribution in [0.2, 0.25) is 0 Å². The second-order valence-electron chi connectivity index (χ2n) is 7.72. The van der Waals surface area contributed by atoms with Gasteiger partial charge in [0.15, 0.2) is 22.3 Å². The summed E-state index contributed by atoms with van der Waals surface area (Å²) in [5, 5.41) is 12.3. The molecule has 0 spiro atoms. The number of ether oxygens (including phenoxy) is 3. The van der Waals surface area contributed by atoms with Crippen LogP contribution in [0.5, 0.6) is 11.5 Å². The maximum Gasteiger partial charge on any atom is 0.251 e. The van der Waals surface area contributed by atoms with Crippen LogP contribution in [-0.2, 0) is 11.3 Å². The van der Waals surface area contributed by atoms with E-state index >= 15 is 0 Å². The molecule has 0 aliphatic carbocycles. The van der Waals surface area contributed by atoms with Gasteiger partial charge in [0.1, 0.15) is 5.82 Å². The Morgan fingerprint density at radius 1 is 1.03 bits per heavy atom. The van der Waals surface area contributed by atoms with Crippen LogP contribution < -0.4 is 20.1 Å². The SMILES string of the molecule is CCCSc1nc(NCCOCC)c2cnn(CCNC(=O)c3ccc(OCC)c(OCC)c3)c2n1. The first kappa shape index (κ1) is 27.5. The van der Waals surface area contributed by atoms with Crippen molar-refractivity contribution in [2.75, 3.05) is 50.6 Å². The van der Waals surface area contributed by atoms with Crippen LogP contribution in [0.3, 0.4) is 0 Å². The average molecular weight is 517 g/mol. The Morgan fingerprint density at radius 3 is 2.58 bits per heavy atom. The fraction of sp³-hybridized carbons (Fsp3) is 0.520. The Balaban J connectivity index is 1.70. The maximum absolute atomic E-state index is 12.8. The summed E-state index contributed by atoms with van der Waals surface area (Å²) in [6.07, 6.45) is 2.79. The molecule has 0 bridgehead atoms. The van der Waals surface area contributed by atoms with E-state index in [9.17, 15) is 4.79 Å². The highest BCUT2D eigenvalue weighted by Crippen LogP contribution is 2.28. The highest BCUT2D eigenvalue weighted by atomic mass is 32.2. The number of aromatic nitrogens is 4. The lowest BCUT2D eigenvalue weighted by Gasteiger charge is -2.13. The number of nitrogens with zero attached hydrogens (tertiary/aromatic N) is 4. The number of amides is 1. The lowest BCUT2D eigenvalue weighted by Crippen LogP contribution is -2.27. The number of anilines is 1. The molecule has 2 aromatic heterocycles. The summed E-state index contributed by atoms with van der Waals surface area (Å²) in [7, 11) is 0. The molecule has 0 saturated heterocycles. The maximum atomic E-state index is 12.8. The van der Waals surface area contributed by atoms with Crippen LogP contribution in [0.15, 0.2) is 29.6 Å². The molecule has 0 unspecified atom stereocenters. The molecule has 2 N–H and O–H groups in total. The van der Waals surface area contributed by atoms with Gasteiger partial charge < -0.3 is 24.8 Å². The summed E-state index contributed by atoms with van der Waals surface area (Å²) in [5.41, 5.74) is 1.24. The number of fused-ring (bicyclic) bond motifs is 1. The van der Waals surface area contributed by atoms with E-state index in [-0.39, 0.29) is 5.91 Å². The second-order valence-corrected chi connectivity index (χ2v) is 8.78. The molecule has 196 valence electrons. The number of carbonyl (C=O) groups is 1. The molecule has 2 heterocycles. The van der Waals surface area contributed by atoms with Crippen molar-refractivity contribution < 1.29 is 19.0 Å². The number of thioether (sulfide) groups is 1. The van der Waals surface area contributed by atoms with Crippen LogP contribution in [0.1, 0.15) is 44.5 Å². The third-order valence-corrected chi connectivity index (χ3v) is 6.12. The van der Waals surface area contributed by atoms with Gasteiger partial charge in [-0.1, -0.05) is 18.7 Å². The van der Waals surface area contributed by atoms with Gasteiger partial charge in [-0.2, -0.15) is 5.10 Å². The summed E-state index contributed by atoms with van der Waals surface area (Å²) < 4.78 is 18.4. The van der Waals surface area contributed by atoms with Crippen molar-refractivity contribution in [1.82, 2.24) is 25.1 Å². The van der Waals surface area contributed by atoms with Crippen LogP contribution in [0.25, 0.3) is 11.0 Å². The smallest absolute Gasteiger partial charge is 0.251 e. The van der Waals surface area contributed by atoms with Crippen molar-refractivity contribution in [3.05, 3.63) is 30.0 Å². The molecule has 1 amide bonds. The first-order valence-electron chi connectivity index (χ1n) is 12.5. The second kappa shape index (κ2) is 14.5. The molecule has 36 heavy (non-hydrogen) atoms. The van der Waals surface area contributed by atoms with E-state index in [2.05, 4.69) is 27.6 Å². The van der Waals surface area contributed by atoms with Crippen molar-refractivity contribution in [2.45, 2.75) is 45.8 Å². The summed E-state index contributed by atoms with van der Waals surface area (Å²) >= 11 is 1.61. The third kappa shape index (κ3) is 7.47. The van der Waals surface area contributed by atoms with E-state index in [1.165, 1.54) is 0 Å². The standard InChI is InChI=1S/C25H36N6O4S/c1-5-15-36-25-29-22(26-12-14-33-6-2)19-17-28-31(23(19)30-25)13-11-27-24(32)18-9-10-20(34-7-3)21(16-18)35-8-4/h9-10,16-17H,5-8,11-15H2,1-4H3,(H,27,32)(H,26,29,30). The Bertz CT molecular complexity index is 1120. The van der Waals surface area contributed by atoms with E-state index < -0.39 is 0 Å². The third-order valence-electron chi connectivity index (χ3n) is 5.07. The Labute approximate surface area is 216 Å². The number of hydrogen-bond acceptors (Lipinski definition) is 9. The van der Waals surface area contributed by atoms with Gasteiger partial charge in [-0.15, -0.1) is 0 Å². The predicted molar refractivity (Wildman–Crippen MR) is 142 cm³/mol. The normalized spacial score (nSPS) is 11.0. The van der Waals surface area contributed by atoms with E-state index in [0.717, 1.165) is 29.0 Å². The molecule has 0 radical (unpaired) electrons. The number of hydrogen-bond donors (Lipinski definition) is 2. The molecular weight excluding hydrogens is 480 g/mol. The van der Waals surface area contributed by atoms with E-state index in [0.29, 0.717) is 68.3 Å². The quantitative estimate of drug-likeness (QED) is 0.166. The average Bonchev–Trinajstić information content (AvgIpc) is 3.29. The lowest BCUT2D eigenvalue weighted by atomic mass is 10.2. The Kier molecular flexibility index (Phi) is 11.1. The van der Waals surface area contributed by atoms with Crippen LogP contribution in [0.4, 0.5) is 5.82 Å². The van der Waals surface area contributed by atoms with Crippen molar-refractivity contribution in [2.24, 2.45) is 0 Å². The molecule has 0 atom stereocenters. The van der Waals surface area contributed by atoms with Gasteiger partial charge >= 0.3 is 0 Å². The van der Waals surface area contributed by atoms with Crippen molar-refractivity contribution in [3.8, 4) is 11.5 Å². The summed E-state index contributed by atoms with van der Waals surface area (Å²) in [5.74, 6) is 2.66. The molecule has 10 nitrogen and oxygen atoms in total. The highest BCUT2D eigenvalue weighted by molar-refractivity contribution is 7.99. The first-order valence-corrected chi connectivity index (χ1v) is 13.5. The van der Waals surface area contributed by atoms with Gasteiger partial charge in [-0.25, -0.2) is 14.6 Å². The number of rotatable bonds is 16. The van der Waals surface area contributed by atoms with E-state index in [4.69, 9.17) is 19.2 Å². The molecule has 0 saturated carbocycles. The molecule has 0 aliphatic rings. The minimum atomic E-state index is -0.192. The predicted octanol–water partition coefficient (Wildman–Crippen LogP) is 4.00. The molecule has 11 heteroatoms. The van der Waals surface area contributed by atoms with Crippen molar-refractivity contribution >= 4 is 34.5 Å². The fourth-order valence-electron chi connectivity index (χ4n) is 3.45. The van der Waals surface area contributed by atoms with Gasteiger partial charge in [0.2, 0.25) is 0 Å². The Morgan fingerprint density at radius 2 is 1.83 bits per heavy atom. The monoisotopic (exact) mass is 516 g/mol. The number of benzene rings is 1. The number of carbonyl (C=O) groups excluding carboxylic acids is 1. The Hall–Kier alpha value is -3.05. The summed E-state index contributed by atoms with van der Waals surface area (Å²) in [4.78, 5) is 22.2. The molecule has 0 aliphatic heterocycles. The summed E-state index contributed by atoms with van der Waals surface area (Å²) in [6.45, 7) is 11.7. The summed E-state index contributed by atoms with van der Waals surface area (Å²) in [6, 6.07) is 5.20. The number of nitrogens with one attached hydrogen (secondary N) is 2. The van der Waals surface area contributed by atoms with Crippen LogP contribution in [-0.4, -0.2) is 70.9 Å². The molecule has 3 aromatic rings. The fourth-order valence-corrected chi connectivity index (χ4v) is 4.14. The molecule has 3 rings (SSSR count). The topological polar surface area (TPSA) is 112 Å². The highest BCUT2D eigenvalue weighted by Gasteiger charge is 2.15. The minimum absolute atomic E-state index is 0.192. The zero-order valence-electron chi connectivity index (χ0n) is 21.5. The molecule has 1 aromatic carbocycles. The van der Waals surface area contributed by atoms with Gasteiger partial charge in [-0.3, -0.25) is 4.79 Å². The minimum Gasteiger partial charge on any atom is -0.490 e. The lowest BCUT2D eigenvalue weighted by molar-refractivity contribution is 0.0951. The van der Waals surface area contributed by atoms with Gasteiger partial charge in [-0.05, 0) is 45.4 Å². The van der Waals surface area contributed by atoms with Crippen molar-refractivity contribution in [1.29, 1.82) is 0 Å². The van der Waals surface area contributed by atoms with Crippen molar-refractivity contribution in [3.63, 3.8) is 0 Å². The van der Waals surface area contributed by atoms with Gasteiger partial charge in [0, 0.05) is 31.0 Å². The largest absolute Gasteiger partial charge is 0.490 e. The van der Waals surface area contributed by atoms with E-state index in [1.807, 2.05) is 20.8 Å². The zero-order valence-corrected chi connectivity index (χ0v) is 22.3. The molecule has 0 fully saturated rings. The van der Waals surface area contributed by atoms with Crippen LogP contribution >= 0.6 is 11.8 Å². The first-order chi connectivity index (χ1) is 17.6.